The SMILES string of the molecule is CC(=O)O.COc1ccccc1-c1nc2s/c(=C\c3ccc(-c4ccc(F)cc4)o3)c(=O)n2n1.COc1ccccc1-c1nc2s/c(=C\c3ccc(-c4ccc(F)cc4)o3)c(=O)n2n1.COc1ccccc1-c1nc2s/c(=C\c3ccc(-c4ccc(F)cc4)o3)c(=O)n2n1. The Morgan fingerprint density at radius 2 is 0.670 bits per heavy atom. The number of hydrogen-bond donors (Lipinski definition) is 1. The Balaban J connectivity index is 0.000000131. The van der Waals surface area contributed by atoms with Crippen LogP contribution in [0, 0.1) is 17.5 Å². The molecule has 0 amide bonds. The van der Waals surface area contributed by atoms with E-state index in [9.17, 15) is 27.6 Å². The summed E-state index contributed by atoms with van der Waals surface area (Å²) in [7, 11) is 4.73. The molecule has 468 valence electrons. The molecule has 6 aromatic carbocycles. The minimum Gasteiger partial charge on any atom is -0.496 e. The standard InChI is InChI=1S/3C22H14FN3O3S.C2H4O2/c3*1-28-18-5-3-2-4-16(18)20-24-22-26(25-20)21(27)19(30-22)12-15-10-11-17(29-15)13-6-8-14(23)9-7-13;1-2(3)4/h3*2-12H,1H3;1H3,(H,3,4)/b3*19-12-;. The molecule has 0 aliphatic rings. The van der Waals surface area contributed by atoms with Crippen LogP contribution in [-0.2, 0) is 4.79 Å². The summed E-state index contributed by atoms with van der Waals surface area (Å²) in [5.74, 6) is 4.75. The van der Waals surface area contributed by atoms with Crippen molar-refractivity contribution in [3.8, 4) is 85.4 Å². The molecule has 9 heterocycles. The van der Waals surface area contributed by atoms with Crippen LogP contribution >= 0.6 is 34.0 Å². The Kier molecular flexibility index (Phi) is 18.1. The highest BCUT2D eigenvalue weighted by atomic mass is 32.1. The van der Waals surface area contributed by atoms with Gasteiger partial charge in [-0.05, 0) is 146 Å². The molecule has 0 bridgehead atoms. The molecule has 15 rings (SSSR count). The predicted octanol–water partition coefficient (Wildman–Crippen LogP) is 11.4. The van der Waals surface area contributed by atoms with Crippen LogP contribution in [0.2, 0.25) is 0 Å². The van der Waals surface area contributed by atoms with Crippen LogP contribution in [0.25, 0.3) is 101 Å². The zero-order valence-corrected chi connectivity index (χ0v) is 51.9. The summed E-state index contributed by atoms with van der Waals surface area (Å²) in [6.45, 7) is 1.08. The van der Waals surface area contributed by atoms with Crippen molar-refractivity contribution in [1.82, 2.24) is 43.8 Å². The van der Waals surface area contributed by atoms with Crippen LogP contribution in [0.1, 0.15) is 24.2 Å². The second-order valence-electron chi connectivity index (χ2n) is 19.9. The first-order chi connectivity index (χ1) is 45.6. The number of nitrogens with zero attached hydrogens (tertiary/aromatic N) is 9. The number of carbonyl (C=O) groups is 1. The van der Waals surface area contributed by atoms with Crippen LogP contribution in [0.3, 0.4) is 0 Å². The van der Waals surface area contributed by atoms with Gasteiger partial charge in [-0.1, -0.05) is 70.4 Å². The zero-order valence-electron chi connectivity index (χ0n) is 49.5. The molecule has 0 atom stereocenters. The first-order valence-electron chi connectivity index (χ1n) is 28.0. The number of aromatic nitrogens is 9. The number of furan rings is 3. The van der Waals surface area contributed by atoms with E-state index in [4.69, 9.17) is 37.4 Å². The molecule has 94 heavy (non-hydrogen) atoms. The lowest BCUT2D eigenvalue weighted by Gasteiger charge is -2.03. The number of thiazole rings is 3. The fourth-order valence-electron chi connectivity index (χ4n) is 9.32. The van der Waals surface area contributed by atoms with Gasteiger partial charge in [0, 0.05) is 41.8 Å². The Bertz CT molecular complexity index is 5060. The number of rotatable bonds is 12. The molecule has 0 spiro atoms. The molecule has 26 heteroatoms. The molecule has 0 aliphatic carbocycles. The van der Waals surface area contributed by atoms with Crippen LogP contribution < -0.4 is 44.5 Å². The first-order valence-corrected chi connectivity index (χ1v) is 30.5. The Labute approximate surface area is 539 Å². The lowest BCUT2D eigenvalue weighted by Crippen LogP contribution is -2.23. The molecular formula is C68H46F3N9O11S3. The number of benzene rings is 6. The summed E-state index contributed by atoms with van der Waals surface area (Å²) >= 11 is 3.68. The largest absolute Gasteiger partial charge is 0.496 e. The van der Waals surface area contributed by atoms with E-state index in [0.29, 0.717) is 97.8 Å². The van der Waals surface area contributed by atoms with Gasteiger partial charge < -0.3 is 32.6 Å². The molecule has 0 aliphatic heterocycles. The lowest BCUT2D eigenvalue weighted by molar-refractivity contribution is -0.134. The Morgan fingerprint density at radius 3 is 0.915 bits per heavy atom. The van der Waals surface area contributed by atoms with Crippen LogP contribution in [0.5, 0.6) is 17.2 Å². The van der Waals surface area contributed by atoms with E-state index in [0.717, 1.165) is 40.3 Å². The fraction of sp³-hybridized carbons (Fsp3) is 0.0588. The molecule has 0 saturated carbocycles. The van der Waals surface area contributed by atoms with E-state index in [1.54, 1.807) is 112 Å². The molecule has 0 fully saturated rings. The van der Waals surface area contributed by atoms with Crippen LogP contribution in [0.15, 0.2) is 210 Å². The van der Waals surface area contributed by atoms with E-state index in [1.807, 2.05) is 72.8 Å². The van der Waals surface area contributed by atoms with Gasteiger partial charge in [0.1, 0.15) is 82.9 Å². The highest BCUT2D eigenvalue weighted by molar-refractivity contribution is 7.15. The van der Waals surface area contributed by atoms with Crippen LogP contribution in [0.4, 0.5) is 13.2 Å². The fourth-order valence-corrected chi connectivity index (χ4v) is 12.0. The van der Waals surface area contributed by atoms with Crippen molar-refractivity contribution in [3.05, 3.63) is 261 Å². The van der Waals surface area contributed by atoms with Gasteiger partial charge in [-0.3, -0.25) is 19.2 Å². The van der Waals surface area contributed by atoms with Crippen molar-refractivity contribution in [2.45, 2.75) is 6.92 Å². The van der Waals surface area contributed by atoms with E-state index >= 15 is 0 Å². The van der Waals surface area contributed by atoms with Gasteiger partial charge in [-0.15, -0.1) is 15.3 Å². The van der Waals surface area contributed by atoms with Gasteiger partial charge in [0.25, 0.3) is 22.6 Å². The second-order valence-corrected chi connectivity index (χ2v) is 22.9. The Hall–Kier alpha value is -11.9. The number of fused-ring (bicyclic) bond motifs is 3. The molecule has 20 nitrogen and oxygen atoms in total. The molecule has 0 radical (unpaired) electrons. The third-order valence-corrected chi connectivity index (χ3v) is 16.6. The average Bonchev–Trinajstić information content (AvgIpc) is 1.70. The monoisotopic (exact) mass is 1320 g/mol. The van der Waals surface area contributed by atoms with E-state index in [1.165, 1.54) is 84.0 Å². The number of para-hydroxylation sites is 3. The number of carboxylic acid groups (broad SMARTS) is 1. The molecular weight excluding hydrogens is 1270 g/mol. The molecule has 0 unspecified atom stereocenters. The predicted molar refractivity (Wildman–Crippen MR) is 349 cm³/mol. The summed E-state index contributed by atoms with van der Waals surface area (Å²) in [4.78, 5) is 62.2. The lowest BCUT2D eigenvalue weighted by atomic mass is 10.2. The van der Waals surface area contributed by atoms with Gasteiger partial charge >= 0.3 is 0 Å². The first kappa shape index (κ1) is 62.3. The van der Waals surface area contributed by atoms with E-state index in [2.05, 4.69) is 30.2 Å². The number of methoxy groups -OCH3 is 3. The maximum atomic E-state index is 13.1. The van der Waals surface area contributed by atoms with Gasteiger partial charge in [-0.2, -0.15) is 28.5 Å². The smallest absolute Gasteiger partial charge is 0.300 e. The minimum atomic E-state index is -0.833. The summed E-state index contributed by atoms with van der Waals surface area (Å²) < 4.78 is 77.9. The van der Waals surface area contributed by atoms with Gasteiger partial charge in [-0.25, -0.2) is 13.2 Å². The molecule has 0 saturated heterocycles. The number of hydrogen-bond acceptors (Lipinski definition) is 19. The highest BCUT2D eigenvalue weighted by Gasteiger charge is 2.19. The van der Waals surface area contributed by atoms with Crippen molar-refractivity contribution < 1.29 is 50.5 Å². The topological polar surface area (TPSA) is 246 Å². The third kappa shape index (κ3) is 13.6. The average molecular weight is 1320 g/mol. The minimum absolute atomic E-state index is 0.275. The number of halogens is 3. The summed E-state index contributed by atoms with van der Waals surface area (Å²) in [5.41, 5.74) is 3.59. The normalized spacial score (nSPS) is 11.8. The van der Waals surface area contributed by atoms with Gasteiger partial charge in [0.15, 0.2) is 17.5 Å². The summed E-state index contributed by atoms with van der Waals surface area (Å²) in [6.07, 6.45) is 4.96. The summed E-state index contributed by atoms with van der Waals surface area (Å²) in [6, 6.07) is 50.8. The van der Waals surface area contributed by atoms with Crippen molar-refractivity contribution in [2.75, 3.05) is 21.3 Å². The molecule has 1 N–H and O–H groups in total. The third-order valence-electron chi connectivity index (χ3n) is 13.7. The second kappa shape index (κ2) is 27.3. The maximum Gasteiger partial charge on any atom is 0.300 e. The molecule has 9 aromatic heterocycles. The maximum absolute atomic E-state index is 13.1. The summed E-state index contributed by atoms with van der Waals surface area (Å²) in [5, 5.41) is 20.5. The highest BCUT2D eigenvalue weighted by Crippen LogP contribution is 2.31. The van der Waals surface area contributed by atoms with Gasteiger partial charge in [0.2, 0.25) is 14.9 Å². The Morgan fingerprint density at radius 1 is 0.415 bits per heavy atom. The zero-order chi connectivity index (χ0) is 65.6. The number of aliphatic carboxylic acids is 1. The molecule has 15 aromatic rings. The quantitative estimate of drug-likeness (QED) is 0.119. The van der Waals surface area contributed by atoms with Gasteiger partial charge in [0.05, 0.1) is 38.0 Å². The van der Waals surface area contributed by atoms with E-state index in [-0.39, 0.29) is 34.1 Å². The van der Waals surface area contributed by atoms with E-state index < -0.39 is 5.97 Å². The number of ether oxygens (including phenoxy) is 3. The van der Waals surface area contributed by atoms with Crippen molar-refractivity contribution in [2.24, 2.45) is 0 Å². The van der Waals surface area contributed by atoms with Crippen molar-refractivity contribution >= 4 is 73.1 Å². The van der Waals surface area contributed by atoms with Crippen LogP contribution in [-0.4, -0.2) is 76.2 Å². The van der Waals surface area contributed by atoms with Crippen molar-refractivity contribution in [3.63, 3.8) is 0 Å². The number of carboxylic acids is 1. The van der Waals surface area contributed by atoms with Crippen molar-refractivity contribution in [1.29, 1.82) is 0 Å².